The average molecular weight is 327 g/mol. The van der Waals surface area contributed by atoms with Gasteiger partial charge in [-0.2, -0.15) is 0 Å². The van der Waals surface area contributed by atoms with E-state index in [1.165, 1.54) is 4.52 Å². The minimum Gasteiger partial charge on any atom is -0.454 e. The molecule has 0 aliphatic carbocycles. The van der Waals surface area contributed by atoms with Crippen LogP contribution in [-0.4, -0.2) is 32.5 Å². The zero-order chi connectivity index (χ0) is 16.7. The van der Waals surface area contributed by atoms with Gasteiger partial charge in [0.25, 0.3) is 11.5 Å². The number of hydrogen-bond acceptors (Lipinski definition) is 6. The van der Waals surface area contributed by atoms with E-state index >= 15 is 0 Å². The van der Waals surface area contributed by atoms with Crippen molar-refractivity contribution in [2.45, 2.75) is 13.5 Å². The standard InChI is InChI=1S/C15H13N5O4/c1-8-6-20-13(15(22)17-8)12(18-19-20)14(21)16-5-9-2-3-10-11(4-9)24-7-23-10/h2-4,6H,5,7H2,1H3,(H,16,21)(H,17,22). The molecule has 4 rings (SSSR count). The molecule has 0 radical (unpaired) electrons. The second-order valence-electron chi connectivity index (χ2n) is 5.37. The Morgan fingerprint density at radius 2 is 2.21 bits per heavy atom. The van der Waals surface area contributed by atoms with Gasteiger partial charge in [0, 0.05) is 12.2 Å². The number of rotatable bonds is 3. The maximum absolute atomic E-state index is 12.3. The van der Waals surface area contributed by atoms with E-state index in [1.54, 1.807) is 25.3 Å². The highest BCUT2D eigenvalue weighted by atomic mass is 16.7. The van der Waals surface area contributed by atoms with Crippen molar-refractivity contribution in [1.29, 1.82) is 0 Å². The molecule has 9 nitrogen and oxygen atoms in total. The van der Waals surface area contributed by atoms with Crippen molar-refractivity contribution in [2.24, 2.45) is 0 Å². The molecule has 0 atom stereocenters. The highest BCUT2D eigenvalue weighted by Crippen LogP contribution is 2.32. The number of fused-ring (bicyclic) bond motifs is 2. The van der Waals surface area contributed by atoms with E-state index in [1.807, 2.05) is 6.07 Å². The van der Waals surface area contributed by atoms with E-state index in [9.17, 15) is 9.59 Å². The third-order valence-corrected chi connectivity index (χ3v) is 3.64. The van der Waals surface area contributed by atoms with E-state index in [2.05, 4.69) is 20.6 Å². The van der Waals surface area contributed by atoms with Gasteiger partial charge in [-0.15, -0.1) is 5.10 Å². The zero-order valence-corrected chi connectivity index (χ0v) is 12.7. The number of aromatic amines is 1. The van der Waals surface area contributed by atoms with Crippen LogP contribution >= 0.6 is 0 Å². The van der Waals surface area contributed by atoms with Gasteiger partial charge in [0.05, 0.1) is 6.20 Å². The highest BCUT2D eigenvalue weighted by molar-refractivity contribution is 5.98. The molecule has 3 heterocycles. The van der Waals surface area contributed by atoms with Crippen molar-refractivity contribution in [3.8, 4) is 11.5 Å². The number of ether oxygens (including phenoxy) is 2. The van der Waals surface area contributed by atoms with Crippen LogP contribution in [0.5, 0.6) is 11.5 Å². The van der Waals surface area contributed by atoms with Gasteiger partial charge in [0.15, 0.2) is 22.7 Å². The summed E-state index contributed by atoms with van der Waals surface area (Å²) in [5, 5.41) is 10.3. The number of nitrogens with one attached hydrogen (secondary N) is 2. The van der Waals surface area contributed by atoms with Gasteiger partial charge in [-0.1, -0.05) is 11.3 Å². The molecule has 1 aliphatic rings. The number of aromatic nitrogens is 4. The molecule has 0 saturated carbocycles. The van der Waals surface area contributed by atoms with Gasteiger partial charge in [0.2, 0.25) is 6.79 Å². The second-order valence-corrected chi connectivity index (χ2v) is 5.37. The summed E-state index contributed by atoms with van der Waals surface area (Å²) in [5.41, 5.74) is 1.16. The smallest absolute Gasteiger partial charge is 0.276 e. The highest BCUT2D eigenvalue weighted by Gasteiger charge is 2.18. The Morgan fingerprint density at radius 3 is 3.08 bits per heavy atom. The second kappa shape index (κ2) is 5.37. The van der Waals surface area contributed by atoms with Crippen LogP contribution in [0.4, 0.5) is 0 Å². The molecule has 3 aromatic rings. The summed E-state index contributed by atoms with van der Waals surface area (Å²) >= 11 is 0. The number of nitrogens with zero attached hydrogens (tertiary/aromatic N) is 3. The normalized spacial score (nSPS) is 12.5. The molecule has 9 heteroatoms. The van der Waals surface area contributed by atoms with Crippen LogP contribution in [0.15, 0.2) is 29.2 Å². The lowest BCUT2D eigenvalue weighted by atomic mass is 10.2. The summed E-state index contributed by atoms with van der Waals surface area (Å²) in [6.45, 7) is 2.18. The van der Waals surface area contributed by atoms with Crippen molar-refractivity contribution in [3.63, 3.8) is 0 Å². The first-order valence-electron chi connectivity index (χ1n) is 7.23. The lowest BCUT2D eigenvalue weighted by Gasteiger charge is -2.05. The molecular weight excluding hydrogens is 314 g/mol. The first-order chi connectivity index (χ1) is 11.6. The van der Waals surface area contributed by atoms with E-state index in [0.717, 1.165) is 5.56 Å². The van der Waals surface area contributed by atoms with E-state index in [0.29, 0.717) is 17.2 Å². The third kappa shape index (κ3) is 2.35. The van der Waals surface area contributed by atoms with Gasteiger partial charge >= 0.3 is 0 Å². The van der Waals surface area contributed by atoms with Gasteiger partial charge in [0.1, 0.15) is 0 Å². The monoisotopic (exact) mass is 327 g/mol. The number of benzene rings is 1. The summed E-state index contributed by atoms with van der Waals surface area (Å²) in [7, 11) is 0. The van der Waals surface area contributed by atoms with Gasteiger partial charge < -0.3 is 19.8 Å². The SMILES string of the molecule is Cc1cn2nnc(C(=O)NCc3ccc4c(c3)OCO4)c2c(=O)[nH]1. The molecule has 1 aromatic carbocycles. The molecule has 0 unspecified atom stereocenters. The van der Waals surface area contributed by atoms with Crippen LogP contribution in [0.25, 0.3) is 5.52 Å². The van der Waals surface area contributed by atoms with Crippen molar-refractivity contribution in [2.75, 3.05) is 6.79 Å². The minimum absolute atomic E-state index is 0.0167. The van der Waals surface area contributed by atoms with Gasteiger partial charge in [-0.25, -0.2) is 4.52 Å². The topological polar surface area (TPSA) is 111 Å². The molecule has 1 aliphatic heterocycles. The molecule has 2 aromatic heterocycles. The molecular formula is C15H13N5O4. The van der Waals surface area contributed by atoms with E-state index in [4.69, 9.17) is 9.47 Å². The zero-order valence-electron chi connectivity index (χ0n) is 12.7. The van der Waals surface area contributed by atoms with Crippen LogP contribution in [0.2, 0.25) is 0 Å². The van der Waals surface area contributed by atoms with Crippen LogP contribution < -0.4 is 20.3 Å². The summed E-state index contributed by atoms with van der Waals surface area (Å²) in [6.07, 6.45) is 1.60. The molecule has 0 spiro atoms. The molecule has 0 saturated heterocycles. The number of carbonyl (C=O) groups is 1. The van der Waals surface area contributed by atoms with Gasteiger partial charge in [-0.05, 0) is 24.6 Å². The maximum atomic E-state index is 12.3. The Bertz CT molecular complexity index is 1010. The fourth-order valence-corrected chi connectivity index (χ4v) is 2.52. The fraction of sp³-hybridized carbons (Fsp3) is 0.200. The number of amides is 1. The molecule has 122 valence electrons. The minimum atomic E-state index is -0.475. The Morgan fingerprint density at radius 1 is 1.38 bits per heavy atom. The van der Waals surface area contributed by atoms with Crippen LogP contribution in [-0.2, 0) is 6.54 Å². The first kappa shape index (κ1) is 14.2. The first-order valence-corrected chi connectivity index (χ1v) is 7.23. The predicted octanol–water partition coefficient (Wildman–Crippen LogP) is 0.385. The summed E-state index contributed by atoms with van der Waals surface area (Å²) in [6, 6.07) is 5.40. The quantitative estimate of drug-likeness (QED) is 0.720. The van der Waals surface area contributed by atoms with Gasteiger partial charge in [-0.3, -0.25) is 9.59 Å². The lowest BCUT2D eigenvalue weighted by Crippen LogP contribution is -2.25. The average Bonchev–Trinajstić information content (AvgIpc) is 3.18. The maximum Gasteiger partial charge on any atom is 0.276 e. The predicted molar refractivity (Wildman–Crippen MR) is 82.1 cm³/mol. The summed E-state index contributed by atoms with van der Waals surface area (Å²) in [5.74, 6) is 0.844. The molecule has 24 heavy (non-hydrogen) atoms. The number of aryl methyl sites for hydroxylation is 1. The fourth-order valence-electron chi connectivity index (χ4n) is 2.52. The lowest BCUT2D eigenvalue weighted by molar-refractivity contribution is 0.0947. The van der Waals surface area contributed by atoms with Crippen LogP contribution in [0.1, 0.15) is 21.7 Å². The summed E-state index contributed by atoms with van der Waals surface area (Å²) < 4.78 is 11.8. The summed E-state index contributed by atoms with van der Waals surface area (Å²) in [4.78, 5) is 27.0. The number of hydrogen-bond donors (Lipinski definition) is 2. The van der Waals surface area contributed by atoms with Crippen molar-refractivity contribution in [1.82, 2.24) is 25.1 Å². The third-order valence-electron chi connectivity index (χ3n) is 3.64. The Hall–Kier alpha value is -3.36. The van der Waals surface area contributed by atoms with Crippen molar-refractivity contribution >= 4 is 11.4 Å². The number of H-pyrrole nitrogens is 1. The largest absolute Gasteiger partial charge is 0.454 e. The Kier molecular flexibility index (Phi) is 3.19. The Labute approximate surface area is 135 Å². The molecule has 1 amide bonds. The van der Waals surface area contributed by atoms with E-state index < -0.39 is 11.5 Å². The van der Waals surface area contributed by atoms with E-state index in [-0.39, 0.29) is 24.5 Å². The number of carbonyl (C=O) groups excluding carboxylic acids is 1. The molecule has 0 fully saturated rings. The van der Waals surface area contributed by atoms with Crippen LogP contribution in [0, 0.1) is 6.92 Å². The molecule has 0 bridgehead atoms. The van der Waals surface area contributed by atoms with Crippen molar-refractivity contribution < 1.29 is 14.3 Å². The Balaban J connectivity index is 1.56. The molecule has 2 N–H and O–H groups in total. The van der Waals surface area contributed by atoms with Crippen molar-refractivity contribution in [3.05, 3.63) is 51.7 Å². The van der Waals surface area contributed by atoms with Crippen LogP contribution in [0.3, 0.4) is 0 Å².